The van der Waals surface area contributed by atoms with Crippen LogP contribution >= 0.6 is 0 Å². The van der Waals surface area contributed by atoms with Crippen molar-refractivity contribution in [2.24, 2.45) is 0 Å². The lowest BCUT2D eigenvalue weighted by atomic mass is 10.1. The van der Waals surface area contributed by atoms with Crippen molar-refractivity contribution < 1.29 is 4.79 Å². The molecule has 0 saturated heterocycles. The van der Waals surface area contributed by atoms with E-state index in [0.29, 0.717) is 0 Å². The van der Waals surface area contributed by atoms with Crippen LogP contribution < -0.4 is 0 Å². The number of nitrogens with one attached hydrogen (secondary N) is 1. The summed E-state index contributed by atoms with van der Waals surface area (Å²) >= 11 is 0. The monoisotopic (exact) mass is 230 g/mol. The van der Waals surface area contributed by atoms with Crippen molar-refractivity contribution in [1.82, 2.24) is 9.88 Å². The van der Waals surface area contributed by atoms with E-state index in [4.69, 9.17) is 0 Å². The van der Waals surface area contributed by atoms with E-state index in [1.807, 2.05) is 37.5 Å². The SMILES string of the molecule is CCC(C)N(C)C(=O)c1ccc2[nH]ccc2c1. The third kappa shape index (κ3) is 2.18. The zero-order valence-electron chi connectivity index (χ0n) is 10.5. The number of hydrogen-bond donors (Lipinski definition) is 1. The van der Waals surface area contributed by atoms with Crippen LogP contribution in [-0.2, 0) is 0 Å². The van der Waals surface area contributed by atoms with Crippen molar-refractivity contribution in [2.45, 2.75) is 26.3 Å². The first-order chi connectivity index (χ1) is 8.13. The van der Waals surface area contributed by atoms with Gasteiger partial charge in [-0.3, -0.25) is 4.79 Å². The Morgan fingerprint density at radius 2 is 2.18 bits per heavy atom. The molecule has 0 bridgehead atoms. The quantitative estimate of drug-likeness (QED) is 0.864. The molecule has 0 radical (unpaired) electrons. The second-order valence-corrected chi connectivity index (χ2v) is 4.45. The van der Waals surface area contributed by atoms with Crippen LogP contribution in [0.3, 0.4) is 0 Å². The van der Waals surface area contributed by atoms with Gasteiger partial charge >= 0.3 is 0 Å². The zero-order valence-corrected chi connectivity index (χ0v) is 10.5. The molecule has 2 aromatic rings. The molecule has 0 fully saturated rings. The number of benzene rings is 1. The Morgan fingerprint density at radius 3 is 2.88 bits per heavy atom. The van der Waals surface area contributed by atoms with Crippen LogP contribution in [0.15, 0.2) is 30.5 Å². The Morgan fingerprint density at radius 1 is 1.41 bits per heavy atom. The predicted octanol–water partition coefficient (Wildman–Crippen LogP) is 3.04. The van der Waals surface area contributed by atoms with Gasteiger partial charge in [-0.25, -0.2) is 0 Å². The van der Waals surface area contributed by atoms with E-state index in [9.17, 15) is 4.79 Å². The van der Waals surface area contributed by atoms with Gasteiger partial charge in [-0.05, 0) is 37.6 Å². The summed E-state index contributed by atoms with van der Waals surface area (Å²) in [6, 6.07) is 8.01. The normalized spacial score (nSPS) is 12.6. The minimum atomic E-state index is 0.0856. The van der Waals surface area contributed by atoms with E-state index < -0.39 is 0 Å². The summed E-state index contributed by atoms with van der Waals surface area (Å²) in [5, 5.41) is 1.08. The van der Waals surface area contributed by atoms with Crippen molar-refractivity contribution in [3.05, 3.63) is 36.0 Å². The number of rotatable bonds is 3. The van der Waals surface area contributed by atoms with Gasteiger partial charge in [0, 0.05) is 35.8 Å². The van der Waals surface area contributed by atoms with E-state index in [-0.39, 0.29) is 11.9 Å². The van der Waals surface area contributed by atoms with Crippen molar-refractivity contribution in [3.63, 3.8) is 0 Å². The molecule has 90 valence electrons. The molecule has 3 nitrogen and oxygen atoms in total. The lowest BCUT2D eigenvalue weighted by Gasteiger charge is -2.23. The van der Waals surface area contributed by atoms with Gasteiger partial charge in [-0.15, -0.1) is 0 Å². The van der Waals surface area contributed by atoms with Crippen LogP contribution in [-0.4, -0.2) is 28.9 Å². The van der Waals surface area contributed by atoms with Crippen molar-refractivity contribution >= 4 is 16.8 Å². The lowest BCUT2D eigenvalue weighted by Crippen LogP contribution is -2.34. The molecule has 0 spiro atoms. The van der Waals surface area contributed by atoms with E-state index in [0.717, 1.165) is 22.9 Å². The maximum Gasteiger partial charge on any atom is 0.253 e. The van der Waals surface area contributed by atoms with Gasteiger partial charge in [0.15, 0.2) is 0 Å². The van der Waals surface area contributed by atoms with E-state index in [1.165, 1.54) is 0 Å². The van der Waals surface area contributed by atoms with Gasteiger partial charge in [0.2, 0.25) is 0 Å². The zero-order chi connectivity index (χ0) is 12.4. The number of carbonyl (C=O) groups is 1. The van der Waals surface area contributed by atoms with Crippen LogP contribution in [0.2, 0.25) is 0 Å². The molecule has 1 N–H and O–H groups in total. The van der Waals surface area contributed by atoms with Gasteiger partial charge in [0.1, 0.15) is 0 Å². The molecule has 0 aliphatic heterocycles. The van der Waals surface area contributed by atoms with Gasteiger partial charge in [0.25, 0.3) is 5.91 Å². The first kappa shape index (κ1) is 11.7. The Balaban J connectivity index is 2.29. The van der Waals surface area contributed by atoms with Crippen LogP contribution in [0.25, 0.3) is 10.9 Å². The summed E-state index contributed by atoms with van der Waals surface area (Å²) in [6.07, 6.45) is 2.85. The summed E-state index contributed by atoms with van der Waals surface area (Å²) in [7, 11) is 1.86. The van der Waals surface area contributed by atoms with Crippen LogP contribution in [0.5, 0.6) is 0 Å². The molecule has 1 atom stereocenters. The molecular weight excluding hydrogens is 212 g/mol. The van der Waals surface area contributed by atoms with E-state index in [2.05, 4.69) is 18.8 Å². The maximum atomic E-state index is 12.2. The highest BCUT2D eigenvalue weighted by atomic mass is 16.2. The summed E-state index contributed by atoms with van der Waals surface area (Å²) in [4.78, 5) is 17.1. The Bertz CT molecular complexity index is 530. The number of fused-ring (bicyclic) bond motifs is 1. The molecule has 0 aliphatic carbocycles. The molecule has 1 amide bonds. The summed E-state index contributed by atoms with van der Waals surface area (Å²) in [6.45, 7) is 4.15. The molecule has 1 unspecified atom stereocenters. The molecule has 0 saturated carbocycles. The second kappa shape index (κ2) is 4.62. The molecule has 2 rings (SSSR count). The number of carbonyl (C=O) groups excluding carboxylic acids is 1. The molecule has 3 heteroatoms. The summed E-state index contributed by atoms with van der Waals surface area (Å²) < 4.78 is 0. The topological polar surface area (TPSA) is 36.1 Å². The highest BCUT2D eigenvalue weighted by Crippen LogP contribution is 2.16. The molecular formula is C14H18N2O. The minimum Gasteiger partial charge on any atom is -0.361 e. The van der Waals surface area contributed by atoms with Gasteiger partial charge < -0.3 is 9.88 Å². The third-order valence-electron chi connectivity index (χ3n) is 3.37. The Kier molecular flexibility index (Phi) is 3.18. The smallest absolute Gasteiger partial charge is 0.253 e. The fourth-order valence-electron chi connectivity index (χ4n) is 1.86. The Labute approximate surface area is 101 Å². The number of aromatic amines is 1. The summed E-state index contributed by atoms with van der Waals surface area (Å²) in [5.74, 6) is 0.0856. The maximum absolute atomic E-state index is 12.2. The summed E-state index contributed by atoms with van der Waals surface area (Å²) in [5.41, 5.74) is 1.81. The van der Waals surface area contributed by atoms with Crippen molar-refractivity contribution in [3.8, 4) is 0 Å². The van der Waals surface area contributed by atoms with Gasteiger partial charge in [-0.2, -0.15) is 0 Å². The first-order valence-electron chi connectivity index (χ1n) is 5.97. The number of hydrogen-bond acceptors (Lipinski definition) is 1. The molecule has 17 heavy (non-hydrogen) atoms. The molecule has 1 aromatic carbocycles. The largest absolute Gasteiger partial charge is 0.361 e. The average Bonchev–Trinajstić information content (AvgIpc) is 2.83. The van der Waals surface area contributed by atoms with Crippen LogP contribution in [0.1, 0.15) is 30.6 Å². The second-order valence-electron chi connectivity index (χ2n) is 4.45. The van der Waals surface area contributed by atoms with Crippen LogP contribution in [0, 0.1) is 0 Å². The fraction of sp³-hybridized carbons (Fsp3) is 0.357. The predicted molar refractivity (Wildman–Crippen MR) is 70.1 cm³/mol. The number of amides is 1. The van der Waals surface area contributed by atoms with Gasteiger partial charge in [-0.1, -0.05) is 6.92 Å². The Hall–Kier alpha value is -1.77. The highest BCUT2D eigenvalue weighted by molar-refractivity contribution is 5.98. The molecule has 1 heterocycles. The molecule has 1 aromatic heterocycles. The van der Waals surface area contributed by atoms with E-state index in [1.54, 1.807) is 4.90 Å². The van der Waals surface area contributed by atoms with Crippen molar-refractivity contribution in [1.29, 1.82) is 0 Å². The number of nitrogens with zero attached hydrogens (tertiary/aromatic N) is 1. The minimum absolute atomic E-state index is 0.0856. The van der Waals surface area contributed by atoms with E-state index >= 15 is 0 Å². The third-order valence-corrected chi connectivity index (χ3v) is 3.37. The number of aromatic nitrogens is 1. The molecule has 0 aliphatic rings. The van der Waals surface area contributed by atoms with Gasteiger partial charge in [0.05, 0.1) is 0 Å². The lowest BCUT2D eigenvalue weighted by molar-refractivity contribution is 0.0741. The standard InChI is InChI=1S/C14H18N2O/c1-4-10(2)16(3)14(17)12-5-6-13-11(9-12)7-8-15-13/h5-10,15H,4H2,1-3H3. The fourth-order valence-corrected chi connectivity index (χ4v) is 1.86. The average molecular weight is 230 g/mol. The van der Waals surface area contributed by atoms with Crippen LogP contribution in [0.4, 0.5) is 0 Å². The highest BCUT2D eigenvalue weighted by Gasteiger charge is 2.16. The first-order valence-corrected chi connectivity index (χ1v) is 5.97. The van der Waals surface area contributed by atoms with Crippen molar-refractivity contribution in [2.75, 3.05) is 7.05 Å². The number of H-pyrrole nitrogens is 1.